The van der Waals surface area contributed by atoms with Crippen LogP contribution in [0.3, 0.4) is 0 Å². The van der Waals surface area contributed by atoms with Crippen molar-refractivity contribution >= 4 is 11.6 Å². The molecule has 1 aromatic carbocycles. The highest BCUT2D eigenvalue weighted by molar-refractivity contribution is 6.30. The van der Waals surface area contributed by atoms with Gasteiger partial charge in [-0.05, 0) is 30.2 Å². The summed E-state index contributed by atoms with van der Waals surface area (Å²) < 4.78 is 16.1. The Balaban J connectivity index is 1.96. The Hall–Kier alpha value is -0.810. The molecular formula is C13H18ClNO3. The van der Waals surface area contributed by atoms with Crippen LogP contribution >= 0.6 is 11.6 Å². The van der Waals surface area contributed by atoms with Crippen LogP contribution in [0, 0.1) is 0 Å². The molecule has 4 nitrogen and oxygen atoms in total. The smallest absolute Gasteiger partial charge is 0.159 e. The second-order valence-electron chi connectivity index (χ2n) is 4.33. The van der Waals surface area contributed by atoms with E-state index in [0.717, 1.165) is 11.3 Å². The third-order valence-electron chi connectivity index (χ3n) is 2.91. The maximum atomic E-state index is 6.10. The fourth-order valence-corrected chi connectivity index (χ4v) is 2.26. The van der Waals surface area contributed by atoms with Crippen molar-refractivity contribution in [1.29, 1.82) is 0 Å². The Labute approximate surface area is 112 Å². The third-order valence-corrected chi connectivity index (χ3v) is 3.15. The van der Waals surface area contributed by atoms with Crippen LogP contribution in [-0.4, -0.2) is 32.7 Å². The minimum Gasteiger partial charge on any atom is -0.496 e. The average molecular weight is 272 g/mol. The second-order valence-corrected chi connectivity index (χ2v) is 4.76. The highest BCUT2D eigenvalue weighted by Gasteiger charge is 2.20. The average Bonchev–Trinajstić information content (AvgIpc) is 2.82. The van der Waals surface area contributed by atoms with Crippen LogP contribution in [0.25, 0.3) is 0 Å². The van der Waals surface area contributed by atoms with Gasteiger partial charge >= 0.3 is 0 Å². The number of hydrogen-bond acceptors (Lipinski definition) is 4. The van der Waals surface area contributed by atoms with Gasteiger partial charge in [0, 0.05) is 17.5 Å². The van der Waals surface area contributed by atoms with E-state index in [9.17, 15) is 0 Å². The monoisotopic (exact) mass is 271 g/mol. The molecule has 1 fully saturated rings. The molecule has 1 aromatic rings. The van der Waals surface area contributed by atoms with E-state index in [0.29, 0.717) is 31.1 Å². The predicted molar refractivity (Wildman–Crippen MR) is 70.0 cm³/mol. The first-order valence-electron chi connectivity index (χ1n) is 6.00. The molecule has 5 heteroatoms. The Bertz CT molecular complexity index is 394. The van der Waals surface area contributed by atoms with E-state index in [2.05, 4.69) is 0 Å². The number of benzene rings is 1. The zero-order chi connectivity index (χ0) is 13.0. The largest absolute Gasteiger partial charge is 0.496 e. The van der Waals surface area contributed by atoms with Crippen LogP contribution in [0.5, 0.6) is 5.75 Å². The van der Waals surface area contributed by atoms with Crippen LogP contribution < -0.4 is 10.5 Å². The molecule has 1 aliphatic rings. The lowest BCUT2D eigenvalue weighted by Gasteiger charge is -2.17. The Morgan fingerprint density at radius 1 is 1.44 bits per heavy atom. The highest BCUT2D eigenvalue weighted by atomic mass is 35.5. The van der Waals surface area contributed by atoms with Crippen molar-refractivity contribution in [1.82, 2.24) is 0 Å². The van der Waals surface area contributed by atoms with Crippen molar-refractivity contribution in [3.8, 4) is 5.75 Å². The van der Waals surface area contributed by atoms with Crippen molar-refractivity contribution < 1.29 is 14.2 Å². The van der Waals surface area contributed by atoms with Gasteiger partial charge in [-0.15, -0.1) is 0 Å². The normalized spacial score (nSPS) is 17.9. The highest BCUT2D eigenvalue weighted by Crippen LogP contribution is 2.24. The third kappa shape index (κ3) is 3.59. The molecule has 1 heterocycles. The van der Waals surface area contributed by atoms with Crippen LogP contribution in [0.1, 0.15) is 12.0 Å². The van der Waals surface area contributed by atoms with Crippen molar-refractivity contribution in [2.24, 2.45) is 5.73 Å². The summed E-state index contributed by atoms with van der Waals surface area (Å²) in [6.45, 7) is 1.30. The SMILES string of the molecule is COc1ccc(Cl)cc1CC(N)CC1OCCO1. The van der Waals surface area contributed by atoms with E-state index in [4.69, 9.17) is 31.5 Å². The van der Waals surface area contributed by atoms with Gasteiger partial charge in [0.05, 0.1) is 20.3 Å². The van der Waals surface area contributed by atoms with Crippen LogP contribution in [-0.2, 0) is 15.9 Å². The topological polar surface area (TPSA) is 53.7 Å². The molecule has 1 aliphatic heterocycles. The molecular weight excluding hydrogens is 254 g/mol. The van der Waals surface area contributed by atoms with Gasteiger partial charge in [-0.2, -0.15) is 0 Å². The molecule has 0 radical (unpaired) electrons. The molecule has 0 aromatic heterocycles. The van der Waals surface area contributed by atoms with Gasteiger partial charge in [-0.25, -0.2) is 0 Å². The first kappa shape index (κ1) is 13.6. The summed E-state index contributed by atoms with van der Waals surface area (Å²) in [5.41, 5.74) is 7.11. The fourth-order valence-electron chi connectivity index (χ4n) is 2.06. The van der Waals surface area contributed by atoms with Gasteiger partial charge in [0.15, 0.2) is 6.29 Å². The number of rotatable bonds is 5. The molecule has 2 rings (SSSR count). The second kappa shape index (κ2) is 6.38. The molecule has 18 heavy (non-hydrogen) atoms. The van der Waals surface area contributed by atoms with E-state index in [1.54, 1.807) is 13.2 Å². The number of hydrogen-bond donors (Lipinski definition) is 1. The van der Waals surface area contributed by atoms with Gasteiger partial charge in [0.2, 0.25) is 0 Å². The molecule has 0 bridgehead atoms. The van der Waals surface area contributed by atoms with Crippen LogP contribution in [0.15, 0.2) is 18.2 Å². The summed E-state index contributed by atoms with van der Waals surface area (Å²) >= 11 is 5.98. The van der Waals surface area contributed by atoms with Crippen molar-refractivity contribution in [3.05, 3.63) is 28.8 Å². The van der Waals surface area contributed by atoms with Crippen molar-refractivity contribution in [2.45, 2.75) is 25.2 Å². The summed E-state index contributed by atoms with van der Waals surface area (Å²) in [6, 6.07) is 5.50. The molecule has 100 valence electrons. The van der Waals surface area contributed by atoms with E-state index < -0.39 is 0 Å². The Morgan fingerprint density at radius 2 is 2.17 bits per heavy atom. The van der Waals surface area contributed by atoms with E-state index in [1.165, 1.54) is 0 Å². The molecule has 1 unspecified atom stereocenters. The van der Waals surface area contributed by atoms with Gasteiger partial charge in [-0.1, -0.05) is 11.6 Å². The van der Waals surface area contributed by atoms with Crippen molar-refractivity contribution in [2.75, 3.05) is 20.3 Å². The summed E-state index contributed by atoms with van der Waals surface area (Å²) in [7, 11) is 1.64. The van der Waals surface area contributed by atoms with Crippen LogP contribution in [0.2, 0.25) is 5.02 Å². The lowest BCUT2D eigenvalue weighted by Crippen LogP contribution is -2.29. The number of nitrogens with two attached hydrogens (primary N) is 1. The standard InChI is InChI=1S/C13H18ClNO3/c1-16-12-3-2-10(14)6-9(12)7-11(15)8-13-17-4-5-18-13/h2-3,6,11,13H,4-5,7-8,15H2,1H3. The maximum absolute atomic E-state index is 6.10. The zero-order valence-electron chi connectivity index (χ0n) is 10.4. The van der Waals surface area contributed by atoms with Gasteiger partial charge in [0.25, 0.3) is 0 Å². The minimum absolute atomic E-state index is 0.0412. The summed E-state index contributed by atoms with van der Waals surface area (Å²) in [4.78, 5) is 0. The Kier molecular flexibility index (Phi) is 4.83. The first-order valence-corrected chi connectivity index (χ1v) is 6.38. The molecule has 0 aliphatic carbocycles. The van der Waals surface area contributed by atoms with E-state index >= 15 is 0 Å². The van der Waals surface area contributed by atoms with Gasteiger partial charge in [0.1, 0.15) is 5.75 Å². The lowest BCUT2D eigenvalue weighted by molar-refractivity contribution is -0.0504. The lowest BCUT2D eigenvalue weighted by atomic mass is 10.0. The summed E-state index contributed by atoms with van der Waals surface area (Å²) in [5.74, 6) is 0.808. The Morgan fingerprint density at radius 3 is 2.83 bits per heavy atom. The molecule has 0 saturated carbocycles. The maximum Gasteiger partial charge on any atom is 0.159 e. The molecule has 1 saturated heterocycles. The summed E-state index contributed by atoms with van der Waals surface area (Å²) in [6.07, 6.45) is 1.19. The van der Waals surface area contributed by atoms with Gasteiger partial charge < -0.3 is 19.9 Å². The summed E-state index contributed by atoms with van der Waals surface area (Å²) in [5, 5.41) is 0.686. The quantitative estimate of drug-likeness (QED) is 0.890. The molecule has 2 N–H and O–H groups in total. The van der Waals surface area contributed by atoms with Crippen LogP contribution in [0.4, 0.5) is 0 Å². The zero-order valence-corrected chi connectivity index (χ0v) is 11.2. The number of halogens is 1. The van der Waals surface area contributed by atoms with Gasteiger partial charge in [-0.3, -0.25) is 0 Å². The number of ether oxygens (including phenoxy) is 3. The predicted octanol–water partition coefficient (Wildman–Crippen LogP) is 1.98. The van der Waals surface area contributed by atoms with Crippen molar-refractivity contribution in [3.63, 3.8) is 0 Å². The fraction of sp³-hybridized carbons (Fsp3) is 0.538. The van der Waals surface area contributed by atoms with E-state index in [1.807, 2.05) is 12.1 Å². The first-order chi connectivity index (χ1) is 8.69. The minimum atomic E-state index is -0.176. The molecule has 1 atom stereocenters. The molecule has 0 amide bonds. The van der Waals surface area contributed by atoms with E-state index in [-0.39, 0.29) is 12.3 Å². The number of methoxy groups -OCH3 is 1. The molecule has 0 spiro atoms.